The first-order valence-corrected chi connectivity index (χ1v) is 9.65. The maximum Gasteiger partial charge on any atom is 0.257 e. The van der Waals surface area contributed by atoms with Crippen molar-refractivity contribution in [1.29, 1.82) is 0 Å². The van der Waals surface area contributed by atoms with Crippen molar-refractivity contribution in [2.75, 3.05) is 13.2 Å². The first-order chi connectivity index (χ1) is 13.6. The Morgan fingerprint density at radius 2 is 1.86 bits per heavy atom. The van der Waals surface area contributed by atoms with Crippen LogP contribution in [0.25, 0.3) is 0 Å². The first kappa shape index (κ1) is 19.7. The zero-order valence-corrected chi connectivity index (χ0v) is 16.5. The predicted molar refractivity (Wildman–Crippen MR) is 111 cm³/mol. The summed E-state index contributed by atoms with van der Waals surface area (Å²) < 4.78 is 7.67. The van der Waals surface area contributed by atoms with E-state index >= 15 is 0 Å². The molecule has 0 aliphatic carbocycles. The fourth-order valence-electron chi connectivity index (χ4n) is 2.95. The topological polar surface area (TPSA) is 56.1 Å². The van der Waals surface area contributed by atoms with E-state index in [9.17, 15) is 4.79 Å². The van der Waals surface area contributed by atoms with Crippen LogP contribution in [0.1, 0.15) is 36.7 Å². The Kier molecular flexibility index (Phi) is 6.84. The minimum absolute atomic E-state index is 0.0134. The lowest BCUT2D eigenvalue weighted by molar-refractivity contribution is -0.123. The number of nitrogens with one attached hydrogen (secondary N) is 1. The monoisotopic (exact) mass is 377 g/mol. The summed E-state index contributed by atoms with van der Waals surface area (Å²) in [5.41, 5.74) is 2.48. The molecule has 0 aliphatic heterocycles. The standard InChI is InChI=1S/C23H27N3O2/c1-18(2)20-8-10-21(11-9-20)28-17-23(27)25-13-12-22-24-14-15-26(22)16-19-6-4-3-5-7-19/h3-11,14-15,18H,12-13,16-17H2,1-2H3,(H,25,27). The van der Waals surface area contributed by atoms with Crippen molar-refractivity contribution in [2.45, 2.75) is 32.7 Å². The fraction of sp³-hybridized carbons (Fsp3) is 0.304. The number of amides is 1. The normalized spacial score (nSPS) is 10.8. The zero-order valence-electron chi connectivity index (χ0n) is 16.5. The second-order valence-electron chi connectivity index (χ2n) is 7.07. The van der Waals surface area contributed by atoms with Crippen molar-refractivity contribution in [2.24, 2.45) is 0 Å². The smallest absolute Gasteiger partial charge is 0.257 e. The molecule has 1 N–H and O–H groups in total. The number of ether oxygens (including phenoxy) is 1. The summed E-state index contributed by atoms with van der Waals surface area (Å²) in [5.74, 6) is 2.01. The highest BCUT2D eigenvalue weighted by atomic mass is 16.5. The predicted octanol–water partition coefficient (Wildman–Crippen LogP) is 3.79. The van der Waals surface area contributed by atoms with Crippen molar-refractivity contribution >= 4 is 5.91 Å². The third-order valence-corrected chi connectivity index (χ3v) is 4.58. The van der Waals surface area contributed by atoms with Gasteiger partial charge in [-0.05, 0) is 29.2 Å². The van der Waals surface area contributed by atoms with Gasteiger partial charge in [0.15, 0.2) is 6.61 Å². The highest BCUT2D eigenvalue weighted by Crippen LogP contribution is 2.18. The Balaban J connectivity index is 1.41. The molecular weight excluding hydrogens is 350 g/mol. The van der Waals surface area contributed by atoms with Crippen LogP contribution >= 0.6 is 0 Å². The molecular formula is C23H27N3O2. The Morgan fingerprint density at radius 1 is 1.11 bits per heavy atom. The summed E-state index contributed by atoms with van der Waals surface area (Å²) in [5, 5.41) is 2.89. The Labute approximate surface area is 166 Å². The molecule has 146 valence electrons. The summed E-state index contributed by atoms with van der Waals surface area (Å²) in [6, 6.07) is 18.1. The quantitative estimate of drug-likeness (QED) is 0.617. The minimum Gasteiger partial charge on any atom is -0.484 e. The van der Waals surface area contributed by atoms with Gasteiger partial charge in [0, 0.05) is 31.9 Å². The van der Waals surface area contributed by atoms with E-state index in [1.807, 2.05) is 48.7 Å². The van der Waals surface area contributed by atoms with E-state index in [2.05, 4.69) is 40.8 Å². The van der Waals surface area contributed by atoms with E-state index in [-0.39, 0.29) is 12.5 Å². The molecule has 1 heterocycles. The van der Waals surface area contributed by atoms with Crippen LogP contribution in [-0.4, -0.2) is 28.6 Å². The van der Waals surface area contributed by atoms with Crippen LogP contribution in [0.2, 0.25) is 0 Å². The van der Waals surface area contributed by atoms with E-state index in [0.29, 0.717) is 24.6 Å². The molecule has 28 heavy (non-hydrogen) atoms. The average molecular weight is 377 g/mol. The molecule has 0 spiro atoms. The number of carbonyl (C=O) groups is 1. The molecule has 0 saturated heterocycles. The van der Waals surface area contributed by atoms with Crippen LogP contribution in [0.3, 0.4) is 0 Å². The van der Waals surface area contributed by atoms with Crippen LogP contribution in [0.4, 0.5) is 0 Å². The van der Waals surface area contributed by atoms with Gasteiger partial charge in [0.2, 0.25) is 0 Å². The number of nitrogens with zero attached hydrogens (tertiary/aromatic N) is 2. The molecule has 5 heteroatoms. The fourth-order valence-corrected chi connectivity index (χ4v) is 2.95. The number of imidazole rings is 1. The highest BCUT2D eigenvalue weighted by molar-refractivity contribution is 5.77. The second kappa shape index (κ2) is 9.74. The van der Waals surface area contributed by atoms with Gasteiger partial charge in [0.25, 0.3) is 5.91 Å². The van der Waals surface area contributed by atoms with Gasteiger partial charge < -0.3 is 14.6 Å². The third kappa shape index (κ3) is 5.71. The molecule has 3 rings (SSSR count). The summed E-state index contributed by atoms with van der Waals surface area (Å²) in [6.07, 6.45) is 4.44. The van der Waals surface area contributed by atoms with Crippen molar-refractivity contribution in [3.05, 3.63) is 83.9 Å². The number of hydrogen-bond acceptors (Lipinski definition) is 3. The number of hydrogen-bond donors (Lipinski definition) is 1. The molecule has 1 aromatic heterocycles. The van der Waals surface area contributed by atoms with Crippen LogP contribution in [0.5, 0.6) is 5.75 Å². The Hall–Kier alpha value is -3.08. The van der Waals surface area contributed by atoms with Gasteiger partial charge >= 0.3 is 0 Å². The van der Waals surface area contributed by atoms with Crippen molar-refractivity contribution in [3.8, 4) is 5.75 Å². The molecule has 1 amide bonds. The molecule has 0 unspecified atom stereocenters. The van der Waals surface area contributed by atoms with E-state index in [1.54, 1.807) is 6.20 Å². The number of carbonyl (C=O) groups excluding carboxylic acids is 1. The molecule has 5 nitrogen and oxygen atoms in total. The Bertz CT molecular complexity index is 870. The van der Waals surface area contributed by atoms with E-state index in [1.165, 1.54) is 11.1 Å². The lowest BCUT2D eigenvalue weighted by Crippen LogP contribution is -2.31. The van der Waals surface area contributed by atoms with Gasteiger partial charge in [-0.1, -0.05) is 56.3 Å². The molecule has 0 atom stereocenters. The number of aromatic nitrogens is 2. The van der Waals surface area contributed by atoms with Crippen molar-refractivity contribution in [3.63, 3.8) is 0 Å². The number of benzene rings is 2. The van der Waals surface area contributed by atoms with Gasteiger partial charge in [0.1, 0.15) is 11.6 Å². The molecule has 2 aromatic carbocycles. The van der Waals surface area contributed by atoms with E-state index < -0.39 is 0 Å². The largest absolute Gasteiger partial charge is 0.484 e. The van der Waals surface area contributed by atoms with E-state index in [4.69, 9.17) is 4.74 Å². The first-order valence-electron chi connectivity index (χ1n) is 9.65. The summed E-state index contributed by atoms with van der Waals surface area (Å²) >= 11 is 0. The van der Waals surface area contributed by atoms with Gasteiger partial charge in [0.05, 0.1) is 0 Å². The maximum atomic E-state index is 12.0. The summed E-state index contributed by atoms with van der Waals surface area (Å²) in [4.78, 5) is 16.4. The highest BCUT2D eigenvalue weighted by Gasteiger charge is 2.07. The second-order valence-corrected chi connectivity index (χ2v) is 7.07. The molecule has 0 bridgehead atoms. The SMILES string of the molecule is CC(C)c1ccc(OCC(=O)NCCc2nccn2Cc2ccccc2)cc1. The van der Waals surface area contributed by atoms with Gasteiger partial charge in [-0.15, -0.1) is 0 Å². The minimum atomic E-state index is -0.130. The van der Waals surface area contributed by atoms with Crippen molar-refractivity contribution < 1.29 is 9.53 Å². The third-order valence-electron chi connectivity index (χ3n) is 4.58. The molecule has 0 saturated carbocycles. The van der Waals surface area contributed by atoms with Crippen LogP contribution in [0.15, 0.2) is 67.0 Å². The van der Waals surface area contributed by atoms with Gasteiger partial charge in [-0.25, -0.2) is 4.98 Å². The summed E-state index contributed by atoms with van der Waals surface area (Å²) in [6.45, 7) is 5.61. The molecule has 0 aliphatic rings. The maximum absolute atomic E-state index is 12.0. The van der Waals surface area contributed by atoms with Crippen molar-refractivity contribution in [1.82, 2.24) is 14.9 Å². The Morgan fingerprint density at radius 3 is 2.57 bits per heavy atom. The summed E-state index contributed by atoms with van der Waals surface area (Å²) in [7, 11) is 0. The molecule has 0 radical (unpaired) electrons. The number of rotatable bonds is 9. The van der Waals surface area contributed by atoms with Crippen LogP contribution < -0.4 is 10.1 Å². The van der Waals surface area contributed by atoms with Gasteiger partial charge in [-0.3, -0.25) is 4.79 Å². The van der Waals surface area contributed by atoms with Gasteiger partial charge in [-0.2, -0.15) is 0 Å². The van der Waals surface area contributed by atoms with E-state index in [0.717, 1.165) is 12.4 Å². The molecule has 3 aromatic rings. The van der Waals surface area contributed by atoms with Crippen LogP contribution in [-0.2, 0) is 17.8 Å². The van der Waals surface area contributed by atoms with Crippen LogP contribution in [0, 0.1) is 0 Å². The lowest BCUT2D eigenvalue weighted by atomic mass is 10.0. The lowest BCUT2D eigenvalue weighted by Gasteiger charge is -2.10. The molecule has 0 fully saturated rings. The average Bonchev–Trinajstić information content (AvgIpc) is 3.14. The zero-order chi connectivity index (χ0) is 19.8.